The molecule has 2 heterocycles. The summed E-state index contributed by atoms with van der Waals surface area (Å²) in [5.41, 5.74) is 5.06. The minimum Gasteiger partial charge on any atom is -0.478 e. The summed E-state index contributed by atoms with van der Waals surface area (Å²) in [7, 11) is 0. The molecule has 5 rings (SSSR count). The molecule has 5 aromatic rings. The fourth-order valence-corrected chi connectivity index (χ4v) is 4.21. The van der Waals surface area contributed by atoms with E-state index in [1.54, 1.807) is 24.3 Å². The molecular weight excluding hydrogens is 440 g/mol. The van der Waals surface area contributed by atoms with Crippen LogP contribution < -0.4 is 0 Å². The number of aromatic carboxylic acids is 1. The van der Waals surface area contributed by atoms with Crippen molar-refractivity contribution in [2.45, 2.75) is 39.3 Å². The maximum Gasteiger partial charge on any atom is 0.336 e. The number of hydrogen-bond donors (Lipinski definition) is 1. The van der Waals surface area contributed by atoms with Gasteiger partial charge in [0.2, 0.25) is 5.82 Å². The van der Waals surface area contributed by atoms with E-state index in [1.165, 1.54) is 4.80 Å². The highest BCUT2D eigenvalue weighted by Gasteiger charge is 2.13. The van der Waals surface area contributed by atoms with Crippen LogP contribution in [0, 0.1) is 0 Å². The first kappa shape index (κ1) is 22.5. The van der Waals surface area contributed by atoms with Crippen molar-refractivity contribution in [3.8, 4) is 11.4 Å². The molecule has 8 heteroatoms. The summed E-state index contributed by atoms with van der Waals surface area (Å²) in [5.74, 6) is 0.643. The predicted molar refractivity (Wildman–Crippen MR) is 133 cm³/mol. The number of hydrogen-bond acceptors (Lipinski definition) is 5. The quantitative estimate of drug-likeness (QED) is 0.334. The molecule has 0 aliphatic rings. The van der Waals surface area contributed by atoms with Crippen LogP contribution in [0.3, 0.4) is 0 Å². The second-order valence-corrected chi connectivity index (χ2v) is 8.51. The Hall–Kier alpha value is -4.33. The van der Waals surface area contributed by atoms with E-state index in [0.29, 0.717) is 11.4 Å². The third-order valence-electron chi connectivity index (χ3n) is 6.05. The number of rotatable bonds is 9. The number of unbranched alkanes of at least 4 members (excludes halogenated alkanes) is 1. The fraction of sp³-hybridized carbons (Fsp3) is 0.222. The summed E-state index contributed by atoms with van der Waals surface area (Å²) in [4.78, 5) is 17.7. The van der Waals surface area contributed by atoms with Gasteiger partial charge in [0.1, 0.15) is 5.82 Å². The number of para-hydroxylation sites is 2. The fourth-order valence-electron chi connectivity index (χ4n) is 4.21. The minimum absolute atomic E-state index is 0.237. The molecule has 3 aromatic carbocycles. The van der Waals surface area contributed by atoms with Gasteiger partial charge in [0.25, 0.3) is 0 Å². The normalized spacial score (nSPS) is 11.2. The molecule has 0 aliphatic carbocycles. The Morgan fingerprint density at radius 2 is 1.71 bits per heavy atom. The number of carbonyl (C=O) groups is 1. The Kier molecular flexibility index (Phi) is 6.34. The zero-order valence-electron chi connectivity index (χ0n) is 19.5. The van der Waals surface area contributed by atoms with E-state index in [2.05, 4.69) is 57.2 Å². The lowest BCUT2D eigenvalue weighted by molar-refractivity contribution is 0.0695. The molecule has 0 radical (unpaired) electrons. The Bertz CT molecular complexity index is 1470. The Labute approximate surface area is 202 Å². The van der Waals surface area contributed by atoms with Crippen LogP contribution >= 0.6 is 0 Å². The third kappa shape index (κ3) is 4.82. The van der Waals surface area contributed by atoms with E-state index in [9.17, 15) is 9.90 Å². The molecule has 35 heavy (non-hydrogen) atoms. The molecule has 0 saturated carbocycles. The first-order valence-corrected chi connectivity index (χ1v) is 11.7. The number of aromatic nitrogens is 6. The van der Waals surface area contributed by atoms with Crippen molar-refractivity contribution in [2.75, 3.05) is 0 Å². The van der Waals surface area contributed by atoms with Gasteiger partial charge in [-0.1, -0.05) is 67.9 Å². The van der Waals surface area contributed by atoms with Crippen LogP contribution in [0.1, 0.15) is 47.1 Å². The molecule has 0 saturated heterocycles. The summed E-state index contributed by atoms with van der Waals surface area (Å²) < 4.78 is 2.30. The largest absolute Gasteiger partial charge is 0.478 e. The maximum absolute atomic E-state index is 11.5. The number of tetrazole rings is 1. The number of benzene rings is 3. The summed E-state index contributed by atoms with van der Waals surface area (Å²) in [6, 6.07) is 23.2. The predicted octanol–water partition coefficient (Wildman–Crippen LogP) is 4.83. The third-order valence-corrected chi connectivity index (χ3v) is 6.05. The van der Waals surface area contributed by atoms with Crippen LogP contribution in [0.15, 0.2) is 72.8 Å². The van der Waals surface area contributed by atoms with Gasteiger partial charge in [0.15, 0.2) is 0 Å². The zero-order chi connectivity index (χ0) is 24.2. The second-order valence-electron chi connectivity index (χ2n) is 8.51. The van der Waals surface area contributed by atoms with Gasteiger partial charge in [-0.25, -0.2) is 9.78 Å². The van der Waals surface area contributed by atoms with Gasteiger partial charge in [-0.2, -0.15) is 4.80 Å². The highest BCUT2D eigenvalue weighted by atomic mass is 16.4. The van der Waals surface area contributed by atoms with Crippen LogP contribution in [0.4, 0.5) is 0 Å². The van der Waals surface area contributed by atoms with Crippen LogP contribution in [-0.4, -0.2) is 40.8 Å². The van der Waals surface area contributed by atoms with E-state index >= 15 is 0 Å². The van der Waals surface area contributed by atoms with Crippen molar-refractivity contribution in [1.29, 1.82) is 0 Å². The smallest absolute Gasteiger partial charge is 0.336 e. The summed E-state index contributed by atoms with van der Waals surface area (Å²) in [6.45, 7) is 3.18. The van der Waals surface area contributed by atoms with Crippen molar-refractivity contribution >= 4 is 17.0 Å². The molecular formula is C27H26N6O2. The first-order valence-electron chi connectivity index (χ1n) is 11.7. The van der Waals surface area contributed by atoms with Crippen LogP contribution in [0.25, 0.3) is 22.4 Å². The summed E-state index contributed by atoms with van der Waals surface area (Å²) in [6.07, 6.45) is 3.20. The topological polar surface area (TPSA) is 98.7 Å². The molecule has 0 fully saturated rings. The molecule has 0 spiro atoms. The lowest BCUT2D eigenvalue weighted by atomic mass is 10.1. The molecule has 0 aliphatic heterocycles. The molecule has 8 nitrogen and oxygen atoms in total. The van der Waals surface area contributed by atoms with Crippen molar-refractivity contribution < 1.29 is 9.90 Å². The monoisotopic (exact) mass is 466 g/mol. The standard InChI is InChI=1S/C27H26N6O2/c1-2-3-12-25-28-23-10-6-7-11-24(23)32(25)17-19-13-15-20(16-14-19)26-29-31-33(30-26)18-21-8-4-5-9-22(21)27(34)35/h4-11,13-16H,2-3,12,17-18H2,1H3,(H,34,35). The van der Waals surface area contributed by atoms with Crippen LogP contribution in [0.5, 0.6) is 0 Å². The lowest BCUT2D eigenvalue weighted by Crippen LogP contribution is -2.09. The van der Waals surface area contributed by atoms with Gasteiger partial charge in [0.05, 0.1) is 23.1 Å². The first-order chi connectivity index (χ1) is 17.1. The van der Waals surface area contributed by atoms with Crippen molar-refractivity contribution in [1.82, 2.24) is 29.8 Å². The number of imidazole rings is 1. The summed E-state index contributed by atoms with van der Waals surface area (Å²) in [5, 5.41) is 22.1. The van der Waals surface area contributed by atoms with E-state index < -0.39 is 5.97 Å². The highest BCUT2D eigenvalue weighted by molar-refractivity contribution is 5.89. The number of carboxylic acid groups (broad SMARTS) is 1. The van der Waals surface area contributed by atoms with E-state index in [1.807, 2.05) is 18.2 Å². The van der Waals surface area contributed by atoms with Gasteiger partial charge in [0, 0.05) is 18.5 Å². The molecule has 1 N–H and O–H groups in total. The number of carboxylic acids is 1. The molecule has 0 bridgehead atoms. The van der Waals surface area contributed by atoms with Gasteiger partial charge in [-0.3, -0.25) is 0 Å². The number of fused-ring (bicyclic) bond motifs is 1. The zero-order valence-corrected chi connectivity index (χ0v) is 19.5. The van der Waals surface area contributed by atoms with Crippen LogP contribution in [-0.2, 0) is 19.5 Å². The van der Waals surface area contributed by atoms with Crippen molar-refractivity contribution in [3.63, 3.8) is 0 Å². The highest BCUT2D eigenvalue weighted by Crippen LogP contribution is 2.21. The molecule has 0 unspecified atom stereocenters. The molecule has 176 valence electrons. The molecule has 0 atom stereocenters. The second kappa shape index (κ2) is 9.89. The Balaban J connectivity index is 1.35. The SMILES string of the molecule is CCCCc1nc2ccccc2n1Cc1ccc(-c2nnn(Cc3ccccc3C(=O)O)n2)cc1. The van der Waals surface area contributed by atoms with Gasteiger partial charge < -0.3 is 9.67 Å². The van der Waals surface area contributed by atoms with Gasteiger partial charge in [-0.05, 0) is 41.0 Å². The Morgan fingerprint density at radius 3 is 2.51 bits per heavy atom. The van der Waals surface area contributed by atoms with Gasteiger partial charge >= 0.3 is 5.97 Å². The van der Waals surface area contributed by atoms with Gasteiger partial charge in [-0.15, -0.1) is 10.2 Å². The minimum atomic E-state index is -0.972. The number of nitrogens with zero attached hydrogens (tertiary/aromatic N) is 6. The van der Waals surface area contributed by atoms with Crippen LogP contribution in [0.2, 0.25) is 0 Å². The average molecular weight is 467 g/mol. The lowest BCUT2D eigenvalue weighted by Gasteiger charge is -2.10. The summed E-state index contributed by atoms with van der Waals surface area (Å²) >= 11 is 0. The molecule has 0 amide bonds. The van der Waals surface area contributed by atoms with E-state index in [4.69, 9.17) is 4.98 Å². The Morgan fingerprint density at radius 1 is 0.943 bits per heavy atom. The van der Waals surface area contributed by atoms with Crippen molar-refractivity contribution in [3.05, 3.63) is 95.3 Å². The molecule has 2 aromatic heterocycles. The average Bonchev–Trinajstić information content (AvgIpc) is 3.48. The van der Waals surface area contributed by atoms with E-state index in [0.717, 1.165) is 53.8 Å². The maximum atomic E-state index is 11.5. The van der Waals surface area contributed by atoms with E-state index in [-0.39, 0.29) is 12.1 Å². The number of aryl methyl sites for hydroxylation is 1. The van der Waals surface area contributed by atoms with Crippen molar-refractivity contribution in [2.24, 2.45) is 0 Å².